The highest BCUT2D eigenvalue weighted by Crippen LogP contribution is 2.44. The first-order valence-corrected chi connectivity index (χ1v) is 15.5. The Morgan fingerprint density at radius 1 is 0.422 bits per heavy atom. The second-order valence-corrected chi connectivity index (χ2v) is 11.5. The van der Waals surface area contributed by atoms with Gasteiger partial charge in [-0.1, -0.05) is 121 Å². The van der Waals surface area contributed by atoms with Crippen molar-refractivity contribution < 1.29 is 0 Å². The normalized spacial score (nSPS) is 11.2. The zero-order valence-corrected chi connectivity index (χ0v) is 25.1. The van der Waals surface area contributed by atoms with Crippen LogP contribution in [0.15, 0.2) is 176 Å². The molecule has 45 heavy (non-hydrogen) atoms. The molecule has 0 radical (unpaired) electrons. The first-order valence-electron chi connectivity index (χ1n) is 15.5. The van der Waals surface area contributed by atoms with E-state index in [1.54, 1.807) is 0 Å². The van der Waals surface area contributed by atoms with Crippen molar-refractivity contribution in [1.29, 1.82) is 0 Å². The zero-order chi connectivity index (χ0) is 30.2. The highest BCUT2D eigenvalue weighted by Gasteiger charge is 2.21. The number of fused-ring (bicyclic) bond motifs is 3. The first kappa shape index (κ1) is 26.7. The van der Waals surface area contributed by atoms with Crippen LogP contribution in [0.5, 0.6) is 0 Å². The average molecular weight is 577 g/mol. The summed E-state index contributed by atoms with van der Waals surface area (Å²) in [7, 11) is 0. The quantitative estimate of drug-likeness (QED) is 0.191. The summed E-state index contributed by atoms with van der Waals surface area (Å²) >= 11 is 0. The first-order chi connectivity index (χ1) is 22.3. The fourth-order valence-electron chi connectivity index (χ4n) is 6.59. The number of rotatable bonds is 6. The molecule has 1 heterocycles. The van der Waals surface area contributed by atoms with Crippen molar-refractivity contribution in [3.8, 4) is 27.9 Å². The van der Waals surface area contributed by atoms with E-state index in [0.29, 0.717) is 0 Å². The van der Waals surface area contributed by atoms with Gasteiger partial charge in [0, 0.05) is 27.8 Å². The van der Waals surface area contributed by atoms with E-state index in [1.807, 2.05) is 0 Å². The van der Waals surface area contributed by atoms with Crippen LogP contribution in [0.1, 0.15) is 5.56 Å². The molecule has 214 valence electrons. The van der Waals surface area contributed by atoms with Crippen molar-refractivity contribution in [3.63, 3.8) is 0 Å². The van der Waals surface area contributed by atoms with Gasteiger partial charge in [0.05, 0.1) is 16.7 Å². The van der Waals surface area contributed by atoms with E-state index in [0.717, 1.165) is 22.7 Å². The van der Waals surface area contributed by atoms with Crippen molar-refractivity contribution >= 4 is 38.9 Å². The van der Waals surface area contributed by atoms with Gasteiger partial charge in [-0.2, -0.15) is 0 Å². The Balaban J connectivity index is 1.31. The summed E-state index contributed by atoms with van der Waals surface area (Å²) in [5.41, 5.74) is 13.1. The van der Waals surface area contributed by atoms with Gasteiger partial charge in [-0.3, -0.25) is 0 Å². The number of benzene rings is 7. The van der Waals surface area contributed by atoms with E-state index in [9.17, 15) is 0 Å². The van der Waals surface area contributed by atoms with Crippen LogP contribution in [0.25, 0.3) is 49.7 Å². The van der Waals surface area contributed by atoms with Gasteiger partial charge in [-0.05, 0) is 89.3 Å². The molecule has 0 bridgehead atoms. The topological polar surface area (TPSA) is 8.17 Å². The Labute approximate surface area is 264 Å². The average Bonchev–Trinajstić information content (AvgIpc) is 3.45. The molecule has 0 atom stereocenters. The van der Waals surface area contributed by atoms with Crippen molar-refractivity contribution in [2.75, 3.05) is 4.90 Å². The molecular weight excluding hydrogens is 544 g/mol. The van der Waals surface area contributed by atoms with Crippen LogP contribution in [0.2, 0.25) is 0 Å². The summed E-state index contributed by atoms with van der Waals surface area (Å²) < 4.78 is 2.40. The molecule has 2 heteroatoms. The SMILES string of the molecule is Cc1ccccc1-c1ccc(N(c2ccccc2)c2cccc3c2c2ccccc2n3-c2ccc(-c3ccccc3)cc2)cc1. The van der Waals surface area contributed by atoms with E-state index < -0.39 is 0 Å². The van der Waals surface area contributed by atoms with Crippen molar-refractivity contribution in [2.45, 2.75) is 6.92 Å². The molecule has 8 aromatic rings. The highest BCUT2D eigenvalue weighted by molar-refractivity contribution is 6.16. The van der Waals surface area contributed by atoms with Crippen LogP contribution in [0, 0.1) is 6.92 Å². The van der Waals surface area contributed by atoms with Gasteiger partial charge in [0.15, 0.2) is 0 Å². The third-order valence-corrected chi connectivity index (χ3v) is 8.75. The number of aryl methyl sites for hydroxylation is 1. The van der Waals surface area contributed by atoms with Crippen LogP contribution in [0.3, 0.4) is 0 Å². The lowest BCUT2D eigenvalue weighted by Crippen LogP contribution is -2.10. The Hall–Kier alpha value is -5.86. The molecule has 0 amide bonds. The zero-order valence-electron chi connectivity index (χ0n) is 25.1. The Bertz CT molecular complexity index is 2250. The van der Waals surface area contributed by atoms with E-state index in [-0.39, 0.29) is 0 Å². The van der Waals surface area contributed by atoms with E-state index in [4.69, 9.17) is 0 Å². The minimum Gasteiger partial charge on any atom is -0.310 e. The predicted molar refractivity (Wildman–Crippen MR) is 191 cm³/mol. The standard InChI is InChI=1S/C43H32N2/c1-31-13-8-9-18-38(31)34-25-29-36(30-26-34)44(35-16-6-3-7-17-35)41-21-12-22-42-43(41)39-19-10-11-20-40(39)45(42)37-27-23-33(24-28-37)32-14-4-2-5-15-32/h2-30H,1H3. The van der Waals surface area contributed by atoms with Crippen LogP contribution >= 0.6 is 0 Å². The minimum absolute atomic E-state index is 1.12. The molecule has 0 fully saturated rings. The fourth-order valence-corrected chi connectivity index (χ4v) is 6.59. The third-order valence-electron chi connectivity index (χ3n) is 8.75. The van der Waals surface area contributed by atoms with Crippen molar-refractivity contribution in [2.24, 2.45) is 0 Å². The van der Waals surface area contributed by atoms with Crippen molar-refractivity contribution in [1.82, 2.24) is 4.57 Å². The highest BCUT2D eigenvalue weighted by atomic mass is 15.1. The van der Waals surface area contributed by atoms with Crippen LogP contribution in [-0.4, -0.2) is 4.57 Å². The van der Waals surface area contributed by atoms with E-state index in [1.165, 1.54) is 49.6 Å². The van der Waals surface area contributed by atoms with Gasteiger partial charge in [0.1, 0.15) is 0 Å². The minimum atomic E-state index is 1.12. The molecule has 0 unspecified atom stereocenters. The number of nitrogens with zero attached hydrogens (tertiary/aromatic N) is 2. The smallest absolute Gasteiger partial charge is 0.0562 e. The summed E-state index contributed by atoms with van der Waals surface area (Å²) in [6.45, 7) is 2.17. The Morgan fingerprint density at radius 2 is 1.00 bits per heavy atom. The van der Waals surface area contributed by atoms with Crippen LogP contribution < -0.4 is 4.90 Å². The second kappa shape index (κ2) is 11.3. The van der Waals surface area contributed by atoms with Crippen LogP contribution in [0.4, 0.5) is 17.1 Å². The maximum atomic E-state index is 2.40. The van der Waals surface area contributed by atoms with E-state index in [2.05, 4.69) is 192 Å². The maximum Gasteiger partial charge on any atom is 0.0562 e. The molecule has 0 aliphatic rings. The molecule has 0 saturated carbocycles. The van der Waals surface area contributed by atoms with Crippen LogP contribution in [-0.2, 0) is 0 Å². The monoisotopic (exact) mass is 576 g/mol. The molecule has 0 spiro atoms. The van der Waals surface area contributed by atoms with Gasteiger partial charge in [0.2, 0.25) is 0 Å². The Morgan fingerprint density at radius 3 is 1.76 bits per heavy atom. The summed E-state index contributed by atoms with van der Waals surface area (Å²) in [4.78, 5) is 2.39. The molecular formula is C43H32N2. The molecule has 0 N–H and O–H groups in total. The lowest BCUT2D eigenvalue weighted by molar-refractivity contribution is 1.18. The van der Waals surface area contributed by atoms with Crippen molar-refractivity contribution in [3.05, 3.63) is 181 Å². The Kier molecular flexibility index (Phi) is 6.73. The molecule has 8 rings (SSSR count). The third kappa shape index (κ3) is 4.77. The predicted octanol–water partition coefficient (Wildman–Crippen LogP) is 11.9. The molecule has 0 saturated heterocycles. The lowest BCUT2D eigenvalue weighted by atomic mass is 10.00. The molecule has 0 aliphatic carbocycles. The number of anilines is 3. The molecule has 0 aliphatic heterocycles. The van der Waals surface area contributed by atoms with Gasteiger partial charge >= 0.3 is 0 Å². The lowest BCUT2D eigenvalue weighted by Gasteiger charge is -2.26. The summed E-state index contributed by atoms with van der Waals surface area (Å²) in [6.07, 6.45) is 0. The number of para-hydroxylation sites is 2. The molecule has 1 aromatic heterocycles. The van der Waals surface area contributed by atoms with E-state index >= 15 is 0 Å². The van der Waals surface area contributed by atoms with Gasteiger partial charge in [-0.25, -0.2) is 0 Å². The fraction of sp³-hybridized carbons (Fsp3) is 0.0233. The number of aromatic nitrogens is 1. The molecule has 2 nitrogen and oxygen atoms in total. The maximum absolute atomic E-state index is 2.40. The number of hydrogen-bond donors (Lipinski definition) is 0. The summed E-state index contributed by atoms with van der Waals surface area (Å²) in [5.74, 6) is 0. The van der Waals surface area contributed by atoms with Gasteiger partial charge in [0.25, 0.3) is 0 Å². The van der Waals surface area contributed by atoms with Gasteiger partial charge < -0.3 is 9.47 Å². The summed E-state index contributed by atoms with van der Waals surface area (Å²) in [6, 6.07) is 63.1. The number of hydrogen-bond acceptors (Lipinski definition) is 1. The second-order valence-electron chi connectivity index (χ2n) is 11.5. The summed E-state index contributed by atoms with van der Waals surface area (Å²) in [5, 5.41) is 2.46. The van der Waals surface area contributed by atoms with Gasteiger partial charge in [-0.15, -0.1) is 0 Å². The largest absolute Gasteiger partial charge is 0.310 e. The molecule has 7 aromatic carbocycles.